The summed E-state index contributed by atoms with van der Waals surface area (Å²) in [4.78, 5) is 19.3. The third kappa shape index (κ3) is 4.72. The molecule has 5 aromatic carbocycles. The molecule has 0 bridgehead atoms. The molecular formula is C41H30N4. The maximum absolute atomic E-state index is 5.06. The second-order valence-corrected chi connectivity index (χ2v) is 12.0. The number of rotatable bonds is 5. The molecule has 4 nitrogen and oxygen atoms in total. The van der Waals surface area contributed by atoms with E-state index in [1.54, 1.807) is 12.4 Å². The number of nitrogens with zero attached hydrogens (tertiary/aromatic N) is 4. The normalized spacial score (nSPS) is 12.8. The first-order valence-electron chi connectivity index (χ1n) is 15.2. The predicted molar refractivity (Wildman–Crippen MR) is 182 cm³/mol. The van der Waals surface area contributed by atoms with Gasteiger partial charge in [0.05, 0.1) is 0 Å². The van der Waals surface area contributed by atoms with Crippen LogP contribution in [-0.2, 0) is 5.41 Å². The van der Waals surface area contributed by atoms with Crippen LogP contribution in [-0.4, -0.2) is 19.9 Å². The largest absolute Gasteiger partial charge is 0.264 e. The maximum atomic E-state index is 5.06. The lowest BCUT2D eigenvalue weighted by atomic mass is 9.82. The minimum atomic E-state index is -0.0600. The Morgan fingerprint density at radius 1 is 0.422 bits per heavy atom. The van der Waals surface area contributed by atoms with Crippen LogP contribution in [0.15, 0.2) is 146 Å². The molecule has 0 radical (unpaired) electrons. The molecule has 0 aliphatic heterocycles. The molecule has 4 heteroatoms. The third-order valence-corrected chi connectivity index (χ3v) is 8.82. The molecule has 0 spiro atoms. The molecule has 1 aliphatic carbocycles. The molecule has 0 unspecified atom stereocenters. The van der Waals surface area contributed by atoms with Crippen LogP contribution < -0.4 is 0 Å². The van der Waals surface area contributed by atoms with Crippen molar-refractivity contribution in [1.82, 2.24) is 19.9 Å². The number of pyridine rings is 1. The average molecular weight is 579 g/mol. The minimum absolute atomic E-state index is 0.0600. The van der Waals surface area contributed by atoms with Gasteiger partial charge in [0.2, 0.25) is 0 Å². The van der Waals surface area contributed by atoms with Crippen molar-refractivity contribution in [3.8, 4) is 67.5 Å². The molecule has 0 amide bonds. The van der Waals surface area contributed by atoms with Crippen LogP contribution in [0, 0.1) is 0 Å². The molecule has 7 aromatic rings. The summed E-state index contributed by atoms with van der Waals surface area (Å²) in [5.74, 6) is 1.84. The number of fused-ring (bicyclic) bond motifs is 3. The third-order valence-electron chi connectivity index (χ3n) is 8.82. The Balaban J connectivity index is 1.28. The summed E-state index contributed by atoms with van der Waals surface area (Å²) < 4.78 is 0. The lowest BCUT2D eigenvalue weighted by molar-refractivity contribution is 0.660. The predicted octanol–water partition coefficient (Wildman–Crippen LogP) is 9.91. The van der Waals surface area contributed by atoms with Crippen LogP contribution in [0.25, 0.3) is 67.5 Å². The highest BCUT2D eigenvalue weighted by atomic mass is 15.0. The highest BCUT2D eigenvalue weighted by Gasteiger charge is 2.36. The molecule has 45 heavy (non-hydrogen) atoms. The molecular weight excluding hydrogens is 548 g/mol. The molecule has 1 aliphatic rings. The van der Waals surface area contributed by atoms with Crippen molar-refractivity contribution in [1.29, 1.82) is 0 Å². The first-order chi connectivity index (χ1) is 22.1. The molecule has 2 heterocycles. The van der Waals surface area contributed by atoms with Gasteiger partial charge < -0.3 is 0 Å². The first kappa shape index (κ1) is 26.9. The van der Waals surface area contributed by atoms with E-state index in [9.17, 15) is 0 Å². The summed E-state index contributed by atoms with van der Waals surface area (Å²) >= 11 is 0. The molecule has 8 rings (SSSR count). The van der Waals surface area contributed by atoms with Crippen LogP contribution >= 0.6 is 0 Å². The van der Waals surface area contributed by atoms with E-state index in [0.29, 0.717) is 17.5 Å². The fraction of sp³-hybridized carbons (Fsp3) is 0.0732. The number of hydrogen-bond acceptors (Lipinski definition) is 4. The number of benzene rings is 5. The SMILES string of the molecule is CC1(C)c2ccccc2-c2c(-c3cccc(-c4nc(-c5cccnc5)nc(-c5cccc(-c6ccccc6)c5)n4)c3)cccc21. The molecule has 0 atom stereocenters. The van der Waals surface area contributed by atoms with Crippen LogP contribution in [0.1, 0.15) is 25.0 Å². The van der Waals surface area contributed by atoms with Crippen molar-refractivity contribution in [2.45, 2.75) is 19.3 Å². The quantitative estimate of drug-likeness (QED) is 0.204. The van der Waals surface area contributed by atoms with Gasteiger partial charge in [-0.3, -0.25) is 4.98 Å². The first-order valence-corrected chi connectivity index (χ1v) is 15.2. The zero-order valence-electron chi connectivity index (χ0n) is 25.1. The summed E-state index contributed by atoms with van der Waals surface area (Å²) in [6, 6.07) is 46.6. The van der Waals surface area contributed by atoms with E-state index in [-0.39, 0.29) is 5.41 Å². The minimum Gasteiger partial charge on any atom is -0.264 e. The van der Waals surface area contributed by atoms with E-state index < -0.39 is 0 Å². The van der Waals surface area contributed by atoms with Crippen LogP contribution in [0.5, 0.6) is 0 Å². The zero-order valence-corrected chi connectivity index (χ0v) is 25.1. The Bertz CT molecular complexity index is 2190. The Morgan fingerprint density at radius 3 is 1.69 bits per heavy atom. The lowest BCUT2D eigenvalue weighted by Crippen LogP contribution is -2.14. The van der Waals surface area contributed by atoms with Gasteiger partial charge in [0.1, 0.15) is 0 Å². The van der Waals surface area contributed by atoms with Crippen LogP contribution in [0.4, 0.5) is 0 Å². The highest BCUT2D eigenvalue weighted by molar-refractivity contribution is 5.93. The second-order valence-electron chi connectivity index (χ2n) is 12.0. The summed E-state index contributed by atoms with van der Waals surface area (Å²) in [5, 5.41) is 0. The van der Waals surface area contributed by atoms with Gasteiger partial charge in [-0.2, -0.15) is 0 Å². The molecule has 0 N–H and O–H groups in total. The van der Waals surface area contributed by atoms with Gasteiger partial charge in [-0.05, 0) is 68.8 Å². The smallest absolute Gasteiger partial charge is 0.165 e. The standard InChI is InChI=1S/C41H30N4/c1-41(2)35-21-7-6-19-34(35)37-33(20-10-22-36(37)41)29-15-9-17-31(25-29)39-43-38(44-40(45-39)32-18-11-23-42-26-32)30-16-8-14-28(24-30)27-12-4-3-5-13-27/h3-26H,1-2H3. The van der Waals surface area contributed by atoms with Gasteiger partial charge in [0, 0.05) is 34.5 Å². The topological polar surface area (TPSA) is 51.6 Å². The fourth-order valence-electron chi connectivity index (χ4n) is 6.55. The molecule has 0 saturated carbocycles. The van der Waals surface area contributed by atoms with Gasteiger partial charge in [0.25, 0.3) is 0 Å². The van der Waals surface area contributed by atoms with E-state index >= 15 is 0 Å². The van der Waals surface area contributed by atoms with Crippen molar-refractivity contribution < 1.29 is 0 Å². The highest BCUT2D eigenvalue weighted by Crippen LogP contribution is 2.52. The van der Waals surface area contributed by atoms with E-state index in [4.69, 9.17) is 15.0 Å². The van der Waals surface area contributed by atoms with Crippen LogP contribution in [0.3, 0.4) is 0 Å². The molecule has 214 valence electrons. The van der Waals surface area contributed by atoms with E-state index in [1.807, 2.05) is 18.2 Å². The second kappa shape index (κ2) is 10.8. The maximum Gasteiger partial charge on any atom is 0.165 e. The summed E-state index contributed by atoms with van der Waals surface area (Å²) in [5.41, 5.74) is 12.6. The Hall–Kier alpha value is -5.74. The monoisotopic (exact) mass is 578 g/mol. The molecule has 2 aromatic heterocycles. The van der Waals surface area contributed by atoms with Gasteiger partial charge in [0.15, 0.2) is 17.5 Å². The molecule has 0 saturated heterocycles. The number of aromatic nitrogens is 4. The average Bonchev–Trinajstić information content (AvgIpc) is 3.35. The Labute approximate surface area is 263 Å². The van der Waals surface area contributed by atoms with Crippen molar-refractivity contribution in [2.24, 2.45) is 0 Å². The van der Waals surface area contributed by atoms with E-state index in [0.717, 1.165) is 33.4 Å². The lowest BCUT2D eigenvalue weighted by Gasteiger charge is -2.21. The van der Waals surface area contributed by atoms with Crippen molar-refractivity contribution in [3.05, 3.63) is 157 Å². The van der Waals surface area contributed by atoms with Gasteiger partial charge >= 0.3 is 0 Å². The van der Waals surface area contributed by atoms with Crippen molar-refractivity contribution in [3.63, 3.8) is 0 Å². The number of hydrogen-bond donors (Lipinski definition) is 0. The summed E-state index contributed by atoms with van der Waals surface area (Å²) in [7, 11) is 0. The molecule has 0 fully saturated rings. The van der Waals surface area contributed by atoms with Crippen LogP contribution in [0.2, 0.25) is 0 Å². The van der Waals surface area contributed by atoms with E-state index in [1.165, 1.54) is 27.8 Å². The fourth-order valence-corrected chi connectivity index (χ4v) is 6.55. The van der Waals surface area contributed by atoms with E-state index in [2.05, 4.69) is 134 Å². The Kier molecular flexibility index (Phi) is 6.42. The summed E-state index contributed by atoms with van der Waals surface area (Å²) in [6.07, 6.45) is 3.56. The van der Waals surface area contributed by atoms with Crippen molar-refractivity contribution in [2.75, 3.05) is 0 Å². The Morgan fingerprint density at radius 2 is 0.956 bits per heavy atom. The zero-order chi connectivity index (χ0) is 30.4. The van der Waals surface area contributed by atoms with Gasteiger partial charge in [-0.15, -0.1) is 0 Å². The van der Waals surface area contributed by atoms with Crippen molar-refractivity contribution >= 4 is 0 Å². The van der Waals surface area contributed by atoms with Gasteiger partial charge in [-0.1, -0.05) is 123 Å². The van der Waals surface area contributed by atoms with Gasteiger partial charge in [-0.25, -0.2) is 15.0 Å². The summed E-state index contributed by atoms with van der Waals surface area (Å²) in [6.45, 7) is 4.63.